The van der Waals surface area contributed by atoms with Crippen LogP contribution in [0.15, 0.2) is 12.7 Å². The van der Waals surface area contributed by atoms with Crippen LogP contribution in [0.3, 0.4) is 0 Å². The summed E-state index contributed by atoms with van der Waals surface area (Å²) < 4.78 is 0. The van der Waals surface area contributed by atoms with Gasteiger partial charge in [-0.25, -0.2) is 0 Å². The Hall–Kier alpha value is -1.32. The minimum atomic E-state index is -0.850. The molecule has 0 heterocycles. The van der Waals surface area contributed by atoms with E-state index in [9.17, 15) is 14.7 Å². The first-order valence-electron chi connectivity index (χ1n) is 7.68. The molecule has 1 atom stereocenters. The highest BCUT2D eigenvalue weighted by Crippen LogP contribution is 2.16. The summed E-state index contributed by atoms with van der Waals surface area (Å²) in [7, 11) is 0. The summed E-state index contributed by atoms with van der Waals surface area (Å²) in [6, 6.07) is 0. The zero-order valence-corrected chi connectivity index (χ0v) is 12.9. The van der Waals surface area contributed by atoms with E-state index in [0.717, 1.165) is 32.1 Å². The average molecular weight is 283 g/mol. The first-order chi connectivity index (χ1) is 9.56. The van der Waals surface area contributed by atoms with Crippen LogP contribution < -0.4 is 0 Å². The fourth-order valence-electron chi connectivity index (χ4n) is 2.26. The number of carboxylic acids is 1. The van der Waals surface area contributed by atoms with E-state index in [1.54, 1.807) is 4.90 Å². The number of hydrogen-bond donors (Lipinski definition) is 1. The van der Waals surface area contributed by atoms with Gasteiger partial charge in [0.15, 0.2) is 0 Å². The highest BCUT2D eigenvalue weighted by Gasteiger charge is 2.22. The number of carboxylic acid groups (broad SMARTS) is 1. The van der Waals surface area contributed by atoms with Gasteiger partial charge < -0.3 is 10.0 Å². The van der Waals surface area contributed by atoms with Gasteiger partial charge in [-0.1, -0.05) is 25.3 Å². The second-order valence-electron chi connectivity index (χ2n) is 5.09. The molecule has 116 valence electrons. The van der Waals surface area contributed by atoms with Crippen LogP contribution in [0.2, 0.25) is 0 Å². The maximum absolute atomic E-state index is 11.9. The molecule has 0 fully saturated rings. The van der Waals surface area contributed by atoms with Gasteiger partial charge in [-0.15, -0.1) is 6.58 Å². The van der Waals surface area contributed by atoms with Crippen molar-refractivity contribution < 1.29 is 14.7 Å². The van der Waals surface area contributed by atoms with Crippen molar-refractivity contribution in [1.82, 2.24) is 4.90 Å². The average Bonchev–Trinajstić information content (AvgIpc) is 2.42. The van der Waals surface area contributed by atoms with E-state index in [2.05, 4.69) is 6.58 Å². The molecule has 0 radical (unpaired) electrons. The summed E-state index contributed by atoms with van der Waals surface area (Å²) in [6.07, 6.45) is 7.75. The van der Waals surface area contributed by atoms with Crippen LogP contribution in [-0.4, -0.2) is 35.0 Å². The van der Waals surface area contributed by atoms with Gasteiger partial charge >= 0.3 is 5.97 Å². The molecule has 0 saturated carbocycles. The fraction of sp³-hybridized carbons (Fsp3) is 0.750. The molecule has 0 saturated heterocycles. The van der Waals surface area contributed by atoms with E-state index in [1.807, 2.05) is 19.9 Å². The molecule has 0 aliphatic carbocycles. The van der Waals surface area contributed by atoms with Crippen molar-refractivity contribution in [2.45, 2.75) is 58.8 Å². The number of aliphatic carboxylic acids is 1. The molecular formula is C16H29NO3. The number of nitrogens with zero attached hydrogens (tertiary/aromatic N) is 1. The molecule has 0 aromatic heterocycles. The van der Waals surface area contributed by atoms with E-state index < -0.39 is 11.9 Å². The van der Waals surface area contributed by atoms with E-state index in [4.69, 9.17) is 0 Å². The van der Waals surface area contributed by atoms with Gasteiger partial charge in [0, 0.05) is 19.5 Å². The molecule has 20 heavy (non-hydrogen) atoms. The Balaban J connectivity index is 4.07. The third-order valence-electron chi connectivity index (χ3n) is 3.60. The molecule has 4 nitrogen and oxygen atoms in total. The summed E-state index contributed by atoms with van der Waals surface area (Å²) in [5.41, 5.74) is 0. The smallest absolute Gasteiger partial charge is 0.307 e. The molecule has 0 spiro atoms. The van der Waals surface area contributed by atoms with Crippen LogP contribution in [0.5, 0.6) is 0 Å². The van der Waals surface area contributed by atoms with Gasteiger partial charge in [-0.3, -0.25) is 9.59 Å². The van der Waals surface area contributed by atoms with Crippen molar-refractivity contribution in [3.05, 3.63) is 12.7 Å². The lowest BCUT2D eigenvalue weighted by molar-refractivity contribution is -0.146. The van der Waals surface area contributed by atoms with Crippen LogP contribution in [0.25, 0.3) is 0 Å². The number of rotatable bonds is 12. The minimum Gasteiger partial charge on any atom is -0.481 e. The van der Waals surface area contributed by atoms with Crippen LogP contribution >= 0.6 is 0 Å². The maximum atomic E-state index is 11.9. The zero-order chi connectivity index (χ0) is 15.4. The van der Waals surface area contributed by atoms with E-state index >= 15 is 0 Å². The lowest BCUT2D eigenvalue weighted by Gasteiger charge is -2.21. The maximum Gasteiger partial charge on any atom is 0.307 e. The molecule has 0 bridgehead atoms. The Morgan fingerprint density at radius 3 is 2.25 bits per heavy atom. The highest BCUT2D eigenvalue weighted by molar-refractivity contribution is 5.82. The molecule has 1 unspecified atom stereocenters. The molecule has 4 heteroatoms. The quantitative estimate of drug-likeness (QED) is 0.441. The molecule has 0 aromatic rings. The molecular weight excluding hydrogens is 254 g/mol. The van der Waals surface area contributed by atoms with Crippen LogP contribution in [0, 0.1) is 5.92 Å². The normalized spacial score (nSPS) is 11.9. The Bertz CT molecular complexity index is 298. The Morgan fingerprint density at radius 2 is 1.75 bits per heavy atom. The second-order valence-corrected chi connectivity index (χ2v) is 5.09. The Morgan fingerprint density at radius 1 is 1.15 bits per heavy atom. The minimum absolute atomic E-state index is 0.0472. The second kappa shape index (κ2) is 11.5. The summed E-state index contributed by atoms with van der Waals surface area (Å²) in [6.45, 7) is 8.79. The van der Waals surface area contributed by atoms with E-state index in [-0.39, 0.29) is 12.3 Å². The van der Waals surface area contributed by atoms with Crippen molar-refractivity contribution in [1.29, 1.82) is 0 Å². The molecule has 0 aromatic carbocycles. The lowest BCUT2D eigenvalue weighted by Crippen LogP contribution is -2.33. The largest absolute Gasteiger partial charge is 0.481 e. The number of carbonyl (C=O) groups is 2. The first kappa shape index (κ1) is 18.7. The monoisotopic (exact) mass is 283 g/mol. The van der Waals surface area contributed by atoms with Gasteiger partial charge in [-0.2, -0.15) is 0 Å². The molecule has 1 N–H and O–H groups in total. The Kier molecular flexibility index (Phi) is 10.7. The van der Waals surface area contributed by atoms with Crippen LogP contribution in [0.4, 0.5) is 0 Å². The zero-order valence-electron chi connectivity index (χ0n) is 12.9. The van der Waals surface area contributed by atoms with Crippen molar-refractivity contribution in [3.8, 4) is 0 Å². The molecule has 0 aliphatic heterocycles. The van der Waals surface area contributed by atoms with Crippen LogP contribution in [0.1, 0.15) is 58.8 Å². The SMILES string of the molecule is C=CCCCCCCC(CC(=O)N(CC)CC)C(=O)O. The van der Waals surface area contributed by atoms with Crippen LogP contribution in [-0.2, 0) is 9.59 Å². The third kappa shape index (κ3) is 7.97. The molecule has 0 rings (SSSR count). The highest BCUT2D eigenvalue weighted by atomic mass is 16.4. The molecule has 1 amide bonds. The third-order valence-corrected chi connectivity index (χ3v) is 3.60. The number of carbonyl (C=O) groups excluding carboxylic acids is 1. The molecule has 0 aliphatic rings. The van der Waals surface area contributed by atoms with Gasteiger partial charge in [0.05, 0.1) is 5.92 Å². The number of allylic oxidation sites excluding steroid dienone is 1. The van der Waals surface area contributed by atoms with Gasteiger partial charge in [-0.05, 0) is 33.1 Å². The fourth-order valence-corrected chi connectivity index (χ4v) is 2.26. The van der Waals surface area contributed by atoms with Gasteiger partial charge in [0.1, 0.15) is 0 Å². The first-order valence-corrected chi connectivity index (χ1v) is 7.68. The van der Waals surface area contributed by atoms with Crippen molar-refractivity contribution >= 4 is 11.9 Å². The van der Waals surface area contributed by atoms with Crippen molar-refractivity contribution in [2.75, 3.05) is 13.1 Å². The summed E-state index contributed by atoms with van der Waals surface area (Å²) in [5, 5.41) is 9.21. The van der Waals surface area contributed by atoms with Crippen molar-refractivity contribution in [3.63, 3.8) is 0 Å². The summed E-state index contributed by atoms with van der Waals surface area (Å²) >= 11 is 0. The summed E-state index contributed by atoms with van der Waals surface area (Å²) in [5.74, 6) is -1.44. The summed E-state index contributed by atoms with van der Waals surface area (Å²) in [4.78, 5) is 24.9. The number of amides is 1. The standard InChI is InChI=1S/C16H29NO3/c1-4-7-8-9-10-11-12-14(16(19)20)13-15(18)17(5-2)6-3/h4,14H,1,5-13H2,2-3H3,(H,19,20). The lowest BCUT2D eigenvalue weighted by atomic mass is 9.96. The van der Waals surface area contributed by atoms with E-state index in [1.165, 1.54) is 0 Å². The number of hydrogen-bond acceptors (Lipinski definition) is 2. The predicted molar refractivity (Wildman–Crippen MR) is 81.6 cm³/mol. The predicted octanol–water partition coefficient (Wildman–Crippen LogP) is 3.47. The Labute approximate surface area is 122 Å². The van der Waals surface area contributed by atoms with Gasteiger partial charge in [0.2, 0.25) is 5.91 Å². The van der Waals surface area contributed by atoms with E-state index in [0.29, 0.717) is 19.5 Å². The van der Waals surface area contributed by atoms with Gasteiger partial charge in [0.25, 0.3) is 0 Å². The topological polar surface area (TPSA) is 57.6 Å². The number of unbranched alkanes of at least 4 members (excludes halogenated alkanes) is 4. The van der Waals surface area contributed by atoms with Crippen molar-refractivity contribution in [2.24, 2.45) is 5.92 Å².